The number of benzene rings is 1. The highest BCUT2D eigenvalue weighted by Crippen LogP contribution is 2.43. The number of aromatic nitrogens is 3. The zero-order chi connectivity index (χ0) is 20.1. The highest BCUT2D eigenvalue weighted by Gasteiger charge is 2.29. The van der Waals surface area contributed by atoms with Gasteiger partial charge in [-0.1, -0.05) is 18.2 Å². The van der Waals surface area contributed by atoms with Crippen LogP contribution < -0.4 is 10.1 Å². The molecule has 0 aliphatic heterocycles. The molecule has 6 nitrogen and oxygen atoms in total. The van der Waals surface area contributed by atoms with Gasteiger partial charge in [0.1, 0.15) is 5.75 Å². The van der Waals surface area contributed by atoms with E-state index >= 15 is 0 Å². The van der Waals surface area contributed by atoms with Crippen molar-refractivity contribution in [2.75, 3.05) is 13.2 Å². The summed E-state index contributed by atoms with van der Waals surface area (Å²) in [5, 5.41) is 7.73. The molecule has 1 saturated carbocycles. The van der Waals surface area contributed by atoms with E-state index in [2.05, 4.69) is 16.5 Å². The third kappa shape index (κ3) is 5.02. The van der Waals surface area contributed by atoms with Crippen molar-refractivity contribution in [1.82, 2.24) is 20.1 Å². The number of pyridine rings is 1. The Hall–Kier alpha value is -3.15. The second kappa shape index (κ2) is 8.90. The van der Waals surface area contributed by atoms with E-state index in [-0.39, 0.29) is 5.91 Å². The molecule has 1 amide bonds. The summed E-state index contributed by atoms with van der Waals surface area (Å²) >= 11 is 0. The highest BCUT2D eigenvalue weighted by atomic mass is 16.5. The molecule has 1 aliphatic rings. The van der Waals surface area contributed by atoms with Gasteiger partial charge in [-0.2, -0.15) is 5.10 Å². The molecule has 0 radical (unpaired) electrons. The quantitative estimate of drug-likeness (QED) is 0.605. The minimum atomic E-state index is -0.0116. The van der Waals surface area contributed by atoms with Crippen LogP contribution in [-0.2, 0) is 11.3 Å². The number of para-hydroxylation sites is 1. The van der Waals surface area contributed by atoms with Crippen LogP contribution in [0.2, 0.25) is 0 Å². The molecule has 0 spiro atoms. The molecule has 0 atom stereocenters. The minimum Gasteiger partial charge on any atom is -0.493 e. The van der Waals surface area contributed by atoms with Gasteiger partial charge < -0.3 is 10.1 Å². The van der Waals surface area contributed by atoms with Gasteiger partial charge >= 0.3 is 0 Å². The van der Waals surface area contributed by atoms with Gasteiger partial charge in [-0.15, -0.1) is 0 Å². The average molecular weight is 390 g/mol. The first kappa shape index (κ1) is 19.2. The Morgan fingerprint density at radius 1 is 1.21 bits per heavy atom. The first-order valence-corrected chi connectivity index (χ1v) is 10.1. The molecule has 1 fully saturated rings. The fourth-order valence-corrected chi connectivity index (χ4v) is 3.33. The predicted octanol–water partition coefficient (Wildman–Crippen LogP) is 3.72. The molecule has 29 heavy (non-hydrogen) atoms. The number of hydrogen-bond acceptors (Lipinski definition) is 4. The third-order valence-electron chi connectivity index (χ3n) is 5.09. The van der Waals surface area contributed by atoms with Gasteiger partial charge in [0, 0.05) is 36.6 Å². The zero-order valence-corrected chi connectivity index (χ0v) is 16.7. The number of aryl methyl sites for hydroxylation is 1. The molecular formula is C23H26N4O2. The van der Waals surface area contributed by atoms with Crippen LogP contribution in [0.25, 0.3) is 11.1 Å². The number of carbonyl (C=O) groups excluding carboxylic acids is 1. The predicted molar refractivity (Wildman–Crippen MR) is 112 cm³/mol. The lowest BCUT2D eigenvalue weighted by atomic mass is 10.1. The first-order valence-electron chi connectivity index (χ1n) is 10.1. The average Bonchev–Trinajstić information content (AvgIpc) is 3.50. The van der Waals surface area contributed by atoms with Crippen molar-refractivity contribution < 1.29 is 9.53 Å². The molecule has 3 aromatic rings. The fraction of sp³-hybridized carbons (Fsp3) is 0.348. The standard InChI is InChI=1S/C23H26N4O2/c1-17-4-2-3-5-21(17)29-15-10-22(28)25-13-14-27-16-20(18-8-11-24-12-9-18)23(26-27)19-6-7-19/h2-5,8-9,11-12,16,19H,6-7,10,13-15H2,1H3,(H,25,28). The largest absolute Gasteiger partial charge is 0.493 e. The van der Waals surface area contributed by atoms with Gasteiger partial charge in [0.15, 0.2) is 0 Å². The molecule has 1 aliphatic carbocycles. The number of nitrogens with zero attached hydrogens (tertiary/aromatic N) is 3. The van der Waals surface area contributed by atoms with Gasteiger partial charge in [0.2, 0.25) is 5.91 Å². The summed E-state index contributed by atoms with van der Waals surface area (Å²) in [7, 11) is 0. The minimum absolute atomic E-state index is 0.0116. The van der Waals surface area contributed by atoms with Gasteiger partial charge in [-0.25, -0.2) is 0 Å². The van der Waals surface area contributed by atoms with Crippen LogP contribution >= 0.6 is 0 Å². The zero-order valence-electron chi connectivity index (χ0n) is 16.7. The Bertz CT molecular complexity index is 964. The maximum absolute atomic E-state index is 12.1. The van der Waals surface area contributed by atoms with Crippen molar-refractivity contribution in [3.05, 3.63) is 66.2 Å². The number of rotatable bonds is 9. The Balaban J connectivity index is 1.26. The molecule has 0 bridgehead atoms. The van der Waals surface area contributed by atoms with E-state index in [1.54, 1.807) is 0 Å². The van der Waals surface area contributed by atoms with Crippen LogP contribution in [0.5, 0.6) is 5.75 Å². The lowest BCUT2D eigenvalue weighted by Gasteiger charge is -2.09. The van der Waals surface area contributed by atoms with Gasteiger partial charge in [-0.3, -0.25) is 14.5 Å². The summed E-state index contributed by atoms with van der Waals surface area (Å²) in [6.07, 6.45) is 8.43. The van der Waals surface area contributed by atoms with E-state index in [0.29, 0.717) is 32.0 Å². The molecular weight excluding hydrogens is 364 g/mol. The first-order chi connectivity index (χ1) is 14.2. The second-order valence-corrected chi connectivity index (χ2v) is 7.42. The van der Waals surface area contributed by atoms with Crippen molar-refractivity contribution in [2.45, 2.75) is 38.6 Å². The van der Waals surface area contributed by atoms with E-state index in [0.717, 1.165) is 22.6 Å². The lowest BCUT2D eigenvalue weighted by molar-refractivity contribution is -0.121. The van der Waals surface area contributed by atoms with E-state index in [4.69, 9.17) is 9.84 Å². The summed E-state index contributed by atoms with van der Waals surface area (Å²) < 4.78 is 7.63. The van der Waals surface area contributed by atoms with Gasteiger partial charge in [-0.05, 0) is 49.1 Å². The SMILES string of the molecule is Cc1ccccc1OCCC(=O)NCCn1cc(-c2ccncc2)c(C2CC2)n1. The second-order valence-electron chi connectivity index (χ2n) is 7.42. The number of nitrogens with one attached hydrogen (secondary N) is 1. The Kier molecular flexibility index (Phi) is 5.89. The van der Waals surface area contributed by atoms with Crippen LogP contribution in [0.3, 0.4) is 0 Å². The maximum Gasteiger partial charge on any atom is 0.223 e. The summed E-state index contributed by atoms with van der Waals surface area (Å²) in [5.41, 5.74) is 4.55. The van der Waals surface area contributed by atoms with E-state index in [1.165, 1.54) is 18.4 Å². The van der Waals surface area contributed by atoms with Crippen LogP contribution in [0.15, 0.2) is 55.0 Å². The normalized spacial score (nSPS) is 13.3. The Morgan fingerprint density at radius 2 is 2.00 bits per heavy atom. The highest BCUT2D eigenvalue weighted by molar-refractivity contribution is 5.76. The number of carbonyl (C=O) groups is 1. The fourth-order valence-electron chi connectivity index (χ4n) is 3.33. The summed E-state index contributed by atoms with van der Waals surface area (Å²) in [6, 6.07) is 11.9. The van der Waals surface area contributed by atoms with Crippen molar-refractivity contribution in [3.8, 4) is 16.9 Å². The van der Waals surface area contributed by atoms with Crippen LogP contribution in [0.1, 0.15) is 36.4 Å². The van der Waals surface area contributed by atoms with E-state index in [1.807, 2.05) is 60.4 Å². The summed E-state index contributed by atoms with van der Waals surface area (Å²) in [4.78, 5) is 16.2. The number of hydrogen-bond donors (Lipinski definition) is 1. The third-order valence-corrected chi connectivity index (χ3v) is 5.09. The Labute approximate surface area is 170 Å². The Morgan fingerprint density at radius 3 is 2.76 bits per heavy atom. The van der Waals surface area contributed by atoms with Crippen molar-refractivity contribution >= 4 is 5.91 Å². The number of amides is 1. The molecule has 150 valence electrons. The lowest BCUT2D eigenvalue weighted by Crippen LogP contribution is -2.28. The monoisotopic (exact) mass is 390 g/mol. The topological polar surface area (TPSA) is 69.0 Å². The molecule has 2 aromatic heterocycles. The molecule has 0 unspecified atom stereocenters. The van der Waals surface area contributed by atoms with Gasteiger partial charge in [0.25, 0.3) is 0 Å². The van der Waals surface area contributed by atoms with Gasteiger partial charge in [0.05, 0.1) is 25.3 Å². The van der Waals surface area contributed by atoms with Crippen molar-refractivity contribution in [2.24, 2.45) is 0 Å². The van der Waals surface area contributed by atoms with E-state index in [9.17, 15) is 4.79 Å². The molecule has 2 heterocycles. The summed E-state index contributed by atoms with van der Waals surface area (Å²) in [5.74, 6) is 1.38. The molecule has 6 heteroatoms. The van der Waals surface area contributed by atoms with Crippen LogP contribution in [0.4, 0.5) is 0 Å². The van der Waals surface area contributed by atoms with Crippen molar-refractivity contribution in [3.63, 3.8) is 0 Å². The molecule has 0 saturated heterocycles. The smallest absolute Gasteiger partial charge is 0.223 e. The van der Waals surface area contributed by atoms with Crippen molar-refractivity contribution in [1.29, 1.82) is 0 Å². The van der Waals surface area contributed by atoms with Crippen LogP contribution in [0, 0.1) is 6.92 Å². The summed E-state index contributed by atoms with van der Waals surface area (Å²) in [6.45, 7) is 3.56. The molecule has 1 N–H and O–H groups in total. The van der Waals surface area contributed by atoms with Crippen LogP contribution in [-0.4, -0.2) is 33.8 Å². The molecule has 1 aromatic carbocycles. The molecule has 4 rings (SSSR count). The van der Waals surface area contributed by atoms with E-state index < -0.39 is 0 Å². The maximum atomic E-state index is 12.1. The number of ether oxygens (including phenoxy) is 1.